The molecule has 0 aromatic rings. The molecule has 13 N–H and O–H groups in total. The zero-order valence-electron chi connectivity index (χ0n) is 41.9. The van der Waals surface area contributed by atoms with E-state index in [0.29, 0.717) is 38.2 Å². The third kappa shape index (κ3) is 9.12. The fraction of sp³-hybridized carbons (Fsp3) is 0.960. The van der Waals surface area contributed by atoms with Crippen LogP contribution in [-0.2, 0) is 47.4 Å². The molecular formula is C50H80O23. The minimum Gasteiger partial charge on any atom is -0.394 e. The van der Waals surface area contributed by atoms with Crippen LogP contribution in [0.1, 0.15) is 85.5 Å². The Morgan fingerprint density at radius 3 is 1.93 bits per heavy atom. The van der Waals surface area contributed by atoms with Crippen molar-refractivity contribution in [3.63, 3.8) is 0 Å². The van der Waals surface area contributed by atoms with E-state index >= 15 is 0 Å². The maximum atomic E-state index is 13.0. The van der Waals surface area contributed by atoms with Crippen molar-refractivity contribution in [2.75, 3.05) is 33.0 Å². The van der Waals surface area contributed by atoms with Gasteiger partial charge in [0, 0.05) is 30.1 Å². The fourth-order valence-electron chi connectivity index (χ4n) is 15.2. The Morgan fingerprint density at radius 2 is 1.23 bits per heavy atom. The molecule has 418 valence electrons. The zero-order chi connectivity index (χ0) is 52.3. The van der Waals surface area contributed by atoms with Crippen LogP contribution >= 0.6 is 0 Å². The summed E-state index contributed by atoms with van der Waals surface area (Å²) < 4.78 is 61.1. The van der Waals surface area contributed by atoms with E-state index in [1.165, 1.54) is 5.57 Å². The molecule has 10 rings (SSSR count). The first-order valence-corrected chi connectivity index (χ1v) is 26.5. The molecule has 23 nitrogen and oxygen atoms in total. The van der Waals surface area contributed by atoms with Crippen molar-refractivity contribution in [2.24, 2.45) is 40.4 Å². The average molecular weight is 1050 g/mol. The maximum absolute atomic E-state index is 13.0. The van der Waals surface area contributed by atoms with Crippen molar-refractivity contribution in [1.29, 1.82) is 0 Å². The Labute approximate surface area is 423 Å². The predicted molar refractivity (Wildman–Crippen MR) is 244 cm³/mol. The fourth-order valence-corrected chi connectivity index (χ4v) is 15.2. The largest absolute Gasteiger partial charge is 0.394 e. The first-order chi connectivity index (χ1) is 34.6. The van der Waals surface area contributed by atoms with Crippen molar-refractivity contribution in [1.82, 2.24) is 0 Å². The lowest BCUT2D eigenvalue weighted by Gasteiger charge is -2.62. The van der Waals surface area contributed by atoms with E-state index in [4.69, 9.17) is 47.4 Å². The van der Waals surface area contributed by atoms with Gasteiger partial charge in [0.2, 0.25) is 0 Å². The second-order valence-electron chi connectivity index (χ2n) is 23.6. The molecule has 0 radical (unpaired) electrons. The van der Waals surface area contributed by atoms with Gasteiger partial charge in [-0.2, -0.15) is 0 Å². The molecule has 10 aliphatic rings. The molecule has 0 bridgehead atoms. The van der Waals surface area contributed by atoms with Crippen molar-refractivity contribution >= 4 is 0 Å². The first kappa shape index (κ1) is 55.1. The third-order valence-corrected chi connectivity index (χ3v) is 19.6. The Kier molecular flexibility index (Phi) is 15.7. The molecule has 4 aliphatic carbocycles. The number of aliphatic hydroxyl groups is 13. The first-order valence-electron chi connectivity index (χ1n) is 26.5. The Hall–Kier alpha value is -1.18. The van der Waals surface area contributed by atoms with E-state index in [1.807, 2.05) is 0 Å². The minimum absolute atomic E-state index is 0.0326. The molecular weight excluding hydrogens is 969 g/mol. The van der Waals surface area contributed by atoms with Crippen LogP contribution in [0.2, 0.25) is 0 Å². The van der Waals surface area contributed by atoms with Gasteiger partial charge in [-0.3, -0.25) is 0 Å². The molecule has 0 aromatic carbocycles. The Morgan fingerprint density at radius 1 is 0.603 bits per heavy atom. The molecule has 6 heterocycles. The van der Waals surface area contributed by atoms with Gasteiger partial charge >= 0.3 is 0 Å². The summed E-state index contributed by atoms with van der Waals surface area (Å²) in [6, 6.07) is 0. The van der Waals surface area contributed by atoms with E-state index in [0.717, 1.165) is 32.1 Å². The van der Waals surface area contributed by atoms with Crippen LogP contribution in [-0.4, -0.2) is 240 Å². The smallest absolute Gasteiger partial charge is 0.187 e. The predicted octanol–water partition coefficient (Wildman–Crippen LogP) is -3.24. The lowest BCUT2D eigenvalue weighted by Crippen LogP contribution is -2.68. The SMILES string of the molecule is CC1CC[C@@]2(OC1)O[C@H]1C[C@@]3(O)[C@@H]4CC=C5CC(O[C@@H]6O[C@H](CO)[C@H](O[C@@H]7O[C@H](CO)[C@@H](O)[C@H](O[C@@H]8OC[C@@H](O)[C@H](O)[C@H]8O)[C@H]7O[C@@H]7O[C@H](CO)[C@@H](O)[C@H](O)[C@H]7O)[C@H](O)[C@H]6O)CC[C@]5(C)[C@H]4CC[C@]3(C)[C@H]1[C@@H]2C. The normalized spacial score (nSPS) is 57.1. The van der Waals surface area contributed by atoms with E-state index < -0.39 is 161 Å². The summed E-state index contributed by atoms with van der Waals surface area (Å²) in [6.07, 6.45) is -24.8. The molecule has 30 atom stereocenters. The standard InChI is InChI=1S/C50H80O23/c1-20-7-12-50(65-18-20)21(2)31-27(73-50)14-49(63)25-6-5-22-13-23(8-10-47(22,3)24(25)9-11-48(31,49)4)66-44-39(62)36(59)40(30(17-53)69-44)70-46-42(72-45-38(61)35(58)33(56)28(15-51)67-45)41(34(57)29(16-52)68-46)71-43-37(60)32(55)26(54)19-64-43/h5,20-21,23-46,51-63H,6-19H2,1-4H3/t20?,21-,23?,24-,25+,26+,27-,28+,29+,30+,31-,32-,33+,34+,35-,36+,37+,38+,39+,40-,41-,42+,43-,44+,45-,46-,47-,48+,49+,50+/m0/s1. The van der Waals surface area contributed by atoms with E-state index in [2.05, 4.69) is 33.8 Å². The van der Waals surface area contributed by atoms with Crippen molar-refractivity contribution < 1.29 is 114 Å². The number of allylic oxidation sites excluding steroid dienone is 1. The molecule has 3 saturated carbocycles. The summed E-state index contributed by atoms with van der Waals surface area (Å²) in [5.41, 5.74) is -0.289. The number of hydrogen-bond acceptors (Lipinski definition) is 23. The van der Waals surface area contributed by atoms with Crippen LogP contribution < -0.4 is 0 Å². The van der Waals surface area contributed by atoms with Crippen LogP contribution in [0.25, 0.3) is 0 Å². The van der Waals surface area contributed by atoms with Crippen LogP contribution in [0.5, 0.6) is 0 Å². The highest BCUT2D eigenvalue weighted by Crippen LogP contribution is 2.72. The number of fused-ring (bicyclic) bond motifs is 7. The van der Waals surface area contributed by atoms with Gasteiger partial charge in [0.1, 0.15) is 91.6 Å². The molecule has 6 saturated heterocycles. The van der Waals surface area contributed by atoms with Gasteiger partial charge in [0.15, 0.2) is 30.9 Å². The molecule has 23 heteroatoms. The van der Waals surface area contributed by atoms with Gasteiger partial charge in [-0.25, -0.2) is 0 Å². The topological polar surface area (TPSA) is 355 Å². The van der Waals surface area contributed by atoms with Gasteiger partial charge < -0.3 is 114 Å². The van der Waals surface area contributed by atoms with Crippen molar-refractivity contribution in [3.8, 4) is 0 Å². The molecule has 9 fully saturated rings. The third-order valence-electron chi connectivity index (χ3n) is 19.6. The molecule has 73 heavy (non-hydrogen) atoms. The monoisotopic (exact) mass is 1050 g/mol. The Bertz CT molecular complexity index is 1940. The minimum atomic E-state index is -2.01. The maximum Gasteiger partial charge on any atom is 0.187 e. The molecule has 2 unspecified atom stereocenters. The lowest BCUT2D eigenvalue weighted by atomic mass is 9.45. The summed E-state index contributed by atoms with van der Waals surface area (Å²) in [6.45, 7) is 6.66. The summed E-state index contributed by atoms with van der Waals surface area (Å²) in [5.74, 6) is 0.488. The summed E-state index contributed by atoms with van der Waals surface area (Å²) in [7, 11) is 0. The van der Waals surface area contributed by atoms with E-state index in [9.17, 15) is 66.4 Å². The van der Waals surface area contributed by atoms with Crippen LogP contribution in [0.4, 0.5) is 0 Å². The van der Waals surface area contributed by atoms with E-state index in [-0.39, 0.29) is 40.6 Å². The van der Waals surface area contributed by atoms with Crippen molar-refractivity contribution in [2.45, 2.75) is 226 Å². The second kappa shape index (κ2) is 20.8. The lowest BCUT2D eigenvalue weighted by molar-refractivity contribution is -0.403. The average Bonchev–Trinajstić information content (AvgIpc) is 3.77. The number of aliphatic hydroxyl groups excluding tert-OH is 12. The summed E-state index contributed by atoms with van der Waals surface area (Å²) >= 11 is 0. The van der Waals surface area contributed by atoms with Crippen LogP contribution in [0.3, 0.4) is 0 Å². The zero-order valence-corrected chi connectivity index (χ0v) is 41.9. The molecule has 0 amide bonds. The molecule has 1 spiro atoms. The Balaban J connectivity index is 0.833. The number of ether oxygens (including phenoxy) is 10. The highest BCUT2D eigenvalue weighted by Gasteiger charge is 2.74. The molecule has 0 aromatic heterocycles. The second-order valence-corrected chi connectivity index (χ2v) is 23.6. The van der Waals surface area contributed by atoms with Gasteiger partial charge in [0.25, 0.3) is 0 Å². The van der Waals surface area contributed by atoms with Gasteiger partial charge in [0.05, 0.1) is 50.8 Å². The quantitative estimate of drug-likeness (QED) is 0.0905. The van der Waals surface area contributed by atoms with Crippen molar-refractivity contribution in [3.05, 3.63) is 11.6 Å². The van der Waals surface area contributed by atoms with Gasteiger partial charge in [-0.1, -0.05) is 39.3 Å². The number of hydrogen-bond donors (Lipinski definition) is 13. The molecule has 6 aliphatic heterocycles. The van der Waals surface area contributed by atoms with Crippen LogP contribution in [0, 0.1) is 40.4 Å². The van der Waals surface area contributed by atoms with Gasteiger partial charge in [-0.05, 0) is 68.1 Å². The summed E-state index contributed by atoms with van der Waals surface area (Å²) in [5, 5.41) is 142. The van der Waals surface area contributed by atoms with Gasteiger partial charge in [-0.15, -0.1) is 0 Å². The van der Waals surface area contributed by atoms with E-state index in [1.54, 1.807) is 0 Å². The number of rotatable bonds is 11. The highest BCUT2D eigenvalue weighted by molar-refractivity contribution is 5.30. The van der Waals surface area contributed by atoms with Crippen LogP contribution in [0.15, 0.2) is 11.6 Å². The summed E-state index contributed by atoms with van der Waals surface area (Å²) in [4.78, 5) is 0. The highest BCUT2D eigenvalue weighted by atomic mass is 16.8.